The van der Waals surface area contributed by atoms with Crippen LogP contribution in [0.3, 0.4) is 0 Å². The van der Waals surface area contributed by atoms with Crippen LogP contribution in [0, 0.1) is 6.92 Å². The summed E-state index contributed by atoms with van der Waals surface area (Å²) in [5.41, 5.74) is 1.89. The van der Waals surface area contributed by atoms with Crippen LogP contribution in [0.25, 0.3) is 0 Å². The molecule has 0 amide bonds. The number of benzene rings is 1. The minimum atomic E-state index is -0.708. The molecule has 0 aliphatic carbocycles. The van der Waals surface area contributed by atoms with Crippen molar-refractivity contribution >= 4 is 0 Å². The summed E-state index contributed by atoms with van der Waals surface area (Å²) in [6.07, 6.45) is -0.896. The Morgan fingerprint density at radius 1 is 1.19 bits per heavy atom. The monoisotopic (exact) mass is 224 g/mol. The molecule has 0 bridgehead atoms. The SMILES string of the molecule is Cc1cc(C(C)CC(O)C(C)O)ccc1O. The second-order valence-corrected chi connectivity index (χ2v) is 4.49. The topological polar surface area (TPSA) is 60.7 Å². The molecule has 3 unspecified atom stereocenters. The van der Waals surface area contributed by atoms with Gasteiger partial charge in [0.05, 0.1) is 12.2 Å². The summed E-state index contributed by atoms with van der Waals surface area (Å²) in [7, 11) is 0. The van der Waals surface area contributed by atoms with Gasteiger partial charge >= 0.3 is 0 Å². The Kier molecular flexibility index (Phi) is 4.33. The number of phenols is 1. The molecule has 0 aromatic heterocycles. The molecule has 0 heterocycles. The minimum Gasteiger partial charge on any atom is -0.508 e. The Morgan fingerprint density at radius 3 is 2.31 bits per heavy atom. The number of hydrogen-bond donors (Lipinski definition) is 3. The van der Waals surface area contributed by atoms with E-state index in [4.69, 9.17) is 0 Å². The van der Waals surface area contributed by atoms with Gasteiger partial charge in [-0.25, -0.2) is 0 Å². The number of aliphatic hydroxyl groups is 2. The van der Waals surface area contributed by atoms with Crippen LogP contribution >= 0.6 is 0 Å². The van der Waals surface area contributed by atoms with Crippen LogP contribution in [0.1, 0.15) is 37.3 Å². The second kappa shape index (κ2) is 5.32. The lowest BCUT2D eigenvalue weighted by Gasteiger charge is -2.19. The Labute approximate surface area is 96.4 Å². The van der Waals surface area contributed by atoms with Gasteiger partial charge in [0.15, 0.2) is 0 Å². The average molecular weight is 224 g/mol. The van der Waals surface area contributed by atoms with E-state index in [0.717, 1.165) is 11.1 Å². The third-order valence-electron chi connectivity index (χ3n) is 2.94. The van der Waals surface area contributed by atoms with E-state index in [2.05, 4.69) is 0 Å². The molecule has 3 nitrogen and oxygen atoms in total. The van der Waals surface area contributed by atoms with Crippen molar-refractivity contribution in [2.45, 2.75) is 45.3 Å². The van der Waals surface area contributed by atoms with E-state index in [1.165, 1.54) is 0 Å². The first-order valence-electron chi connectivity index (χ1n) is 5.57. The molecule has 0 radical (unpaired) electrons. The summed E-state index contributed by atoms with van der Waals surface area (Å²) >= 11 is 0. The molecular weight excluding hydrogens is 204 g/mol. The fraction of sp³-hybridized carbons (Fsp3) is 0.538. The van der Waals surface area contributed by atoms with Crippen LogP contribution in [0.2, 0.25) is 0 Å². The second-order valence-electron chi connectivity index (χ2n) is 4.49. The van der Waals surface area contributed by atoms with Crippen molar-refractivity contribution in [3.8, 4) is 5.75 Å². The van der Waals surface area contributed by atoms with Gasteiger partial charge in [0.2, 0.25) is 0 Å². The highest BCUT2D eigenvalue weighted by Gasteiger charge is 2.16. The van der Waals surface area contributed by atoms with Crippen molar-refractivity contribution in [3.05, 3.63) is 29.3 Å². The lowest BCUT2D eigenvalue weighted by molar-refractivity contribution is 0.0227. The summed E-state index contributed by atoms with van der Waals surface area (Å²) in [6, 6.07) is 5.42. The average Bonchev–Trinajstić information content (AvgIpc) is 2.21. The van der Waals surface area contributed by atoms with Crippen molar-refractivity contribution in [2.75, 3.05) is 0 Å². The molecule has 0 spiro atoms. The molecule has 0 aliphatic heterocycles. The molecule has 0 fully saturated rings. The fourth-order valence-corrected chi connectivity index (χ4v) is 1.68. The lowest BCUT2D eigenvalue weighted by Crippen LogP contribution is -2.24. The largest absolute Gasteiger partial charge is 0.508 e. The molecule has 0 aliphatic rings. The first kappa shape index (κ1) is 13.0. The zero-order valence-electron chi connectivity index (χ0n) is 10.0. The molecule has 1 aromatic carbocycles. The number of aromatic hydroxyl groups is 1. The molecule has 0 saturated carbocycles. The van der Waals surface area contributed by atoms with Gasteiger partial charge in [-0.3, -0.25) is 0 Å². The highest BCUT2D eigenvalue weighted by atomic mass is 16.3. The Bertz CT molecular complexity index is 347. The van der Waals surface area contributed by atoms with Crippen LogP contribution in [-0.2, 0) is 0 Å². The Morgan fingerprint density at radius 2 is 1.81 bits per heavy atom. The van der Waals surface area contributed by atoms with Crippen LogP contribution in [0.4, 0.5) is 0 Å². The summed E-state index contributed by atoms with van der Waals surface area (Å²) < 4.78 is 0. The van der Waals surface area contributed by atoms with Crippen LogP contribution in [0.15, 0.2) is 18.2 Å². The summed E-state index contributed by atoms with van der Waals surface area (Å²) in [5.74, 6) is 0.441. The van der Waals surface area contributed by atoms with Gasteiger partial charge in [-0.2, -0.15) is 0 Å². The minimum absolute atomic E-state index is 0.156. The highest BCUT2D eigenvalue weighted by Crippen LogP contribution is 2.26. The van der Waals surface area contributed by atoms with Gasteiger partial charge < -0.3 is 15.3 Å². The molecule has 1 aromatic rings. The third kappa shape index (κ3) is 3.22. The van der Waals surface area contributed by atoms with E-state index in [0.29, 0.717) is 6.42 Å². The van der Waals surface area contributed by atoms with Crippen molar-refractivity contribution < 1.29 is 15.3 Å². The first-order valence-corrected chi connectivity index (χ1v) is 5.57. The fourth-order valence-electron chi connectivity index (χ4n) is 1.68. The van der Waals surface area contributed by atoms with Crippen molar-refractivity contribution in [1.82, 2.24) is 0 Å². The molecule has 3 heteroatoms. The van der Waals surface area contributed by atoms with E-state index in [9.17, 15) is 15.3 Å². The van der Waals surface area contributed by atoms with E-state index in [-0.39, 0.29) is 11.7 Å². The smallest absolute Gasteiger partial charge is 0.118 e. The lowest BCUT2D eigenvalue weighted by atomic mass is 9.92. The maximum atomic E-state index is 9.58. The summed E-state index contributed by atoms with van der Waals surface area (Å²) in [4.78, 5) is 0. The number of aryl methyl sites for hydroxylation is 1. The molecule has 3 N–H and O–H groups in total. The Balaban J connectivity index is 2.73. The number of phenolic OH excluding ortho intramolecular Hbond substituents is 1. The normalized spacial score (nSPS) is 16.8. The van der Waals surface area contributed by atoms with Gasteiger partial charge in [-0.1, -0.05) is 19.1 Å². The summed E-state index contributed by atoms with van der Waals surface area (Å²) in [5, 5.41) is 28.2. The van der Waals surface area contributed by atoms with Gasteiger partial charge in [0.25, 0.3) is 0 Å². The van der Waals surface area contributed by atoms with E-state index >= 15 is 0 Å². The quantitative estimate of drug-likeness (QED) is 0.732. The van der Waals surface area contributed by atoms with Crippen LogP contribution < -0.4 is 0 Å². The standard InChI is InChI=1S/C13H20O3/c1-8(7-13(16)10(3)14)11-4-5-12(15)9(2)6-11/h4-6,8,10,13-16H,7H2,1-3H3. The van der Waals surface area contributed by atoms with Crippen molar-refractivity contribution in [1.29, 1.82) is 0 Å². The molecule has 3 atom stereocenters. The zero-order chi connectivity index (χ0) is 12.3. The maximum absolute atomic E-state index is 9.58. The van der Waals surface area contributed by atoms with Gasteiger partial charge in [0.1, 0.15) is 5.75 Å². The first-order chi connectivity index (χ1) is 7.41. The Hall–Kier alpha value is -1.06. The molecule has 1 rings (SSSR count). The predicted molar refractivity (Wildman–Crippen MR) is 63.6 cm³/mol. The number of rotatable bonds is 4. The molecular formula is C13H20O3. The molecule has 16 heavy (non-hydrogen) atoms. The van der Waals surface area contributed by atoms with Gasteiger partial charge in [-0.15, -0.1) is 0 Å². The highest BCUT2D eigenvalue weighted by molar-refractivity contribution is 5.36. The number of aliphatic hydroxyl groups excluding tert-OH is 2. The van der Waals surface area contributed by atoms with Crippen LogP contribution in [0.5, 0.6) is 5.75 Å². The van der Waals surface area contributed by atoms with E-state index < -0.39 is 12.2 Å². The van der Waals surface area contributed by atoms with E-state index in [1.54, 1.807) is 13.0 Å². The van der Waals surface area contributed by atoms with Gasteiger partial charge in [0, 0.05) is 0 Å². The predicted octanol–water partition coefficient (Wildman–Crippen LogP) is 1.94. The third-order valence-corrected chi connectivity index (χ3v) is 2.94. The summed E-state index contributed by atoms with van der Waals surface area (Å²) in [6.45, 7) is 5.42. The molecule has 90 valence electrons. The van der Waals surface area contributed by atoms with E-state index in [1.807, 2.05) is 26.0 Å². The maximum Gasteiger partial charge on any atom is 0.118 e. The number of hydrogen-bond acceptors (Lipinski definition) is 3. The van der Waals surface area contributed by atoms with Crippen LogP contribution in [-0.4, -0.2) is 27.5 Å². The van der Waals surface area contributed by atoms with Crippen molar-refractivity contribution in [2.24, 2.45) is 0 Å². The molecule has 0 saturated heterocycles. The van der Waals surface area contributed by atoms with Gasteiger partial charge in [-0.05, 0) is 43.4 Å². The van der Waals surface area contributed by atoms with Crippen molar-refractivity contribution in [3.63, 3.8) is 0 Å². The zero-order valence-corrected chi connectivity index (χ0v) is 10.0.